The maximum atomic E-state index is 12.5. The van der Waals surface area contributed by atoms with Gasteiger partial charge >= 0.3 is 0 Å². The number of rotatable bonds is 6. The first-order valence-corrected chi connectivity index (χ1v) is 11.1. The Morgan fingerprint density at radius 3 is 2.41 bits per heavy atom. The van der Waals surface area contributed by atoms with Gasteiger partial charge in [-0.25, -0.2) is 8.42 Å². The number of ether oxygens (including phenoxy) is 1. The van der Waals surface area contributed by atoms with Gasteiger partial charge in [0.15, 0.2) is 6.61 Å². The molecule has 1 aliphatic rings. The highest BCUT2D eigenvalue weighted by Gasteiger charge is 2.27. The molecule has 1 fully saturated rings. The van der Waals surface area contributed by atoms with Crippen molar-refractivity contribution in [2.24, 2.45) is 0 Å². The summed E-state index contributed by atoms with van der Waals surface area (Å²) in [6.45, 7) is 5.12. The van der Waals surface area contributed by atoms with E-state index in [2.05, 4.69) is 0 Å². The van der Waals surface area contributed by atoms with Crippen molar-refractivity contribution in [1.29, 1.82) is 0 Å². The normalized spacial score (nSPS) is 15.6. The van der Waals surface area contributed by atoms with E-state index in [1.165, 1.54) is 9.71 Å². The van der Waals surface area contributed by atoms with Crippen LogP contribution in [-0.4, -0.2) is 56.3 Å². The fraction of sp³-hybridized carbons (Fsp3) is 0.318. The Morgan fingerprint density at radius 2 is 1.72 bits per heavy atom. The summed E-state index contributed by atoms with van der Waals surface area (Å²) in [5.41, 5.74) is 2.87. The van der Waals surface area contributed by atoms with E-state index in [9.17, 15) is 13.2 Å². The first kappa shape index (κ1) is 21.1. The lowest BCUT2D eigenvalue weighted by molar-refractivity contribution is -0.134. The van der Waals surface area contributed by atoms with Gasteiger partial charge in [-0.1, -0.05) is 42.5 Å². The Bertz CT molecular complexity index is 979. The van der Waals surface area contributed by atoms with Crippen molar-refractivity contribution in [3.63, 3.8) is 0 Å². The number of carbonyl (C=O) groups is 1. The third kappa shape index (κ3) is 5.68. The molecule has 0 spiro atoms. The molecule has 2 aromatic rings. The molecule has 2 aromatic carbocycles. The molecule has 1 saturated heterocycles. The summed E-state index contributed by atoms with van der Waals surface area (Å²) < 4.78 is 32.1. The van der Waals surface area contributed by atoms with Gasteiger partial charge in [0.25, 0.3) is 5.91 Å². The van der Waals surface area contributed by atoms with E-state index < -0.39 is 10.0 Å². The molecule has 1 amide bonds. The van der Waals surface area contributed by atoms with E-state index in [0.29, 0.717) is 18.8 Å². The van der Waals surface area contributed by atoms with Gasteiger partial charge in [-0.3, -0.25) is 4.79 Å². The van der Waals surface area contributed by atoms with Crippen molar-refractivity contribution in [3.8, 4) is 5.75 Å². The number of aryl methyl sites for hydroxylation is 2. The lowest BCUT2D eigenvalue weighted by Gasteiger charge is -2.33. The van der Waals surface area contributed by atoms with E-state index in [4.69, 9.17) is 4.74 Å². The summed E-state index contributed by atoms with van der Waals surface area (Å²) in [7, 11) is -3.51. The molecule has 29 heavy (non-hydrogen) atoms. The number of hydrogen-bond donors (Lipinski definition) is 0. The molecule has 0 bridgehead atoms. The number of hydrogen-bond acceptors (Lipinski definition) is 4. The van der Waals surface area contributed by atoms with Gasteiger partial charge in [0.2, 0.25) is 10.0 Å². The molecule has 1 aliphatic heterocycles. The summed E-state index contributed by atoms with van der Waals surface area (Å²) in [6.07, 6.45) is 1.59. The van der Waals surface area contributed by atoms with E-state index in [1.807, 2.05) is 62.4 Å². The molecule has 0 aliphatic carbocycles. The van der Waals surface area contributed by atoms with Crippen LogP contribution in [0.2, 0.25) is 0 Å². The van der Waals surface area contributed by atoms with Crippen LogP contribution in [0, 0.1) is 13.8 Å². The zero-order valence-electron chi connectivity index (χ0n) is 16.7. The minimum Gasteiger partial charge on any atom is -0.483 e. The van der Waals surface area contributed by atoms with Crippen molar-refractivity contribution in [1.82, 2.24) is 9.21 Å². The van der Waals surface area contributed by atoms with Crippen LogP contribution in [0.1, 0.15) is 16.7 Å². The Morgan fingerprint density at radius 1 is 1.03 bits per heavy atom. The Hall–Kier alpha value is -2.64. The Balaban J connectivity index is 1.52. The molecule has 0 saturated carbocycles. The summed E-state index contributed by atoms with van der Waals surface area (Å²) in [4.78, 5) is 14.1. The SMILES string of the molecule is Cc1ccc(C)c(OCC(=O)N2CCN(S(=O)(=O)/C=C/c3ccccc3)CC2)c1. The predicted octanol–water partition coefficient (Wildman–Crippen LogP) is 2.83. The lowest BCUT2D eigenvalue weighted by Crippen LogP contribution is -2.51. The first-order valence-electron chi connectivity index (χ1n) is 9.56. The van der Waals surface area contributed by atoms with E-state index in [0.717, 1.165) is 16.7 Å². The van der Waals surface area contributed by atoms with Crippen LogP contribution in [-0.2, 0) is 14.8 Å². The highest BCUT2D eigenvalue weighted by atomic mass is 32.2. The van der Waals surface area contributed by atoms with Crippen LogP contribution in [0.25, 0.3) is 6.08 Å². The summed E-state index contributed by atoms with van der Waals surface area (Å²) in [5.74, 6) is 0.563. The third-order valence-corrected chi connectivity index (χ3v) is 6.44. The quantitative estimate of drug-likeness (QED) is 0.729. The number of sulfonamides is 1. The second kappa shape index (κ2) is 9.24. The average molecular weight is 415 g/mol. The maximum Gasteiger partial charge on any atom is 0.260 e. The highest BCUT2D eigenvalue weighted by molar-refractivity contribution is 7.92. The van der Waals surface area contributed by atoms with Gasteiger partial charge in [-0.2, -0.15) is 4.31 Å². The van der Waals surface area contributed by atoms with Crippen molar-refractivity contribution >= 4 is 22.0 Å². The van der Waals surface area contributed by atoms with Crippen molar-refractivity contribution < 1.29 is 17.9 Å². The first-order chi connectivity index (χ1) is 13.8. The van der Waals surface area contributed by atoms with Crippen LogP contribution in [0.5, 0.6) is 5.75 Å². The van der Waals surface area contributed by atoms with Crippen LogP contribution < -0.4 is 4.74 Å². The molecule has 154 valence electrons. The Kier molecular flexibility index (Phi) is 6.71. The van der Waals surface area contributed by atoms with Gasteiger partial charge in [0.1, 0.15) is 5.75 Å². The van der Waals surface area contributed by atoms with Crippen LogP contribution >= 0.6 is 0 Å². The molecule has 3 rings (SSSR count). The zero-order valence-corrected chi connectivity index (χ0v) is 17.6. The zero-order chi connectivity index (χ0) is 20.9. The second-order valence-corrected chi connectivity index (χ2v) is 8.91. The Labute approximate surface area is 172 Å². The minimum absolute atomic E-state index is 0.0506. The van der Waals surface area contributed by atoms with E-state index >= 15 is 0 Å². The molecule has 6 nitrogen and oxygen atoms in total. The number of nitrogens with zero attached hydrogens (tertiary/aromatic N) is 2. The number of amides is 1. The monoisotopic (exact) mass is 414 g/mol. The summed E-state index contributed by atoms with van der Waals surface area (Å²) in [5, 5.41) is 1.23. The molecule has 0 radical (unpaired) electrons. The van der Waals surface area contributed by atoms with Crippen LogP contribution in [0.15, 0.2) is 53.9 Å². The molecule has 0 aromatic heterocycles. The van der Waals surface area contributed by atoms with Gasteiger partial charge in [0.05, 0.1) is 0 Å². The largest absolute Gasteiger partial charge is 0.483 e. The fourth-order valence-electron chi connectivity index (χ4n) is 3.10. The lowest BCUT2D eigenvalue weighted by atomic mass is 10.1. The van der Waals surface area contributed by atoms with Gasteiger partial charge in [-0.05, 0) is 42.7 Å². The third-order valence-electron chi connectivity index (χ3n) is 4.88. The van der Waals surface area contributed by atoms with E-state index in [-0.39, 0.29) is 25.6 Å². The number of carbonyl (C=O) groups excluding carboxylic acids is 1. The summed E-state index contributed by atoms with van der Waals surface area (Å²) in [6, 6.07) is 15.2. The topological polar surface area (TPSA) is 66.9 Å². The van der Waals surface area contributed by atoms with Crippen LogP contribution in [0.4, 0.5) is 0 Å². The predicted molar refractivity (Wildman–Crippen MR) is 114 cm³/mol. The van der Waals surface area contributed by atoms with E-state index in [1.54, 1.807) is 11.0 Å². The maximum absolute atomic E-state index is 12.5. The molecule has 7 heteroatoms. The van der Waals surface area contributed by atoms with Gasteiger partial charge in [0, 0.05) is 31.6 Å². The molecule has 0 unspecified atom stereocenters. The van der Waals surface area contributed by atoms with Crippen molar-refractivity contribution in [2.75, 3.05) is 32.8 Å². The fourth-order valence-corrected chi connectivity index (χ4v) is 4.27. The summed E-state index contributed by atoms with van der Waals surface area (Å²) >= 11 is 0. The second-order valence-electron chi connectivity index (χ2n) is 7.10. The average Bonchev–Trinajstić information content (AvgIpc) is 2.73. The molecular formula is C22H26N2O4S. The van der Waals surface area contributed by atoms with Crippen LogP contribution in [0.3, 0.4) is 0 Å². The standard InChI is InChI=1S/C22H26N2O4S/c1-18-8-9-19(2)21(16-18)28-17-22(25)23-11-13-24(14-12-23)29(26,27)15-10-20-6-4-3-5-7-20/h3-10,15-16H,11-14,17H2,1-2H3/b15-10+. The number of benzene rings is 2. The smallest absolute Gasteiger partial charge is 0.260 e. The minimum atomic E-state index is -3.51. The molecule has 0 atom stereocenters. The van der Waals surface area contributed by atoms with Crippen molar-refractivity contribution in [3.05, 3.63) is 70.6 Å². The van der Waals surface area contributed by atoms with Crippen molar-refractivity contribution in [2.45, 2.75) is 13.8 Å². The highest BCUT2D eigenvalue weighted by Crippen LogP contribution is 2.19. The molecule has 0 N–H and O–H groups in total. The molecule has 1 heterocycles. The molecular weight excluding hydrogens is 388 g/mol. The number of piperazine rings is 1. The van der Waals surface area contributed by atoms with Gasteiger partial charge < -0.3 is 9.64 Å². The van der Waals surface area contributed by atoms with Gasteiger partial charge in [-0.15, -0.1) is 0 Å².